The number of carboxylic acids is 1. The standard InChI is InChI=1S/C20H20F3N5O2.C11H7F3N2O2/c1-27(10-11-30-2)17-9-8-14(12-24-17)25-19(29)16-13-28(15-6-4-3-5-7-15)26-18(16)20(21,22)23;12-11(13,14)9-8(10(17)18)6-16(15-9)7-4-2-1-3-5-7/h3-9,12-13H,10-11H2,1-2H3,(H,25,29);1-6H,(H,17,18). The van der Waals surface area contributed by atoms with E-state index in [9.17, 15) is 35.9 Å². The summed E-state index contributed by atoms with van der Waals surface area (Å²) in [6.07, 6.45) is -6.29. The smallest absolute Gasteiger partial charge is 0.436 e. The number of carbonyl (C=O) groups is 2. The summed E-state index contributed by atoms with van der Waals surface area (Å²) in [5.41, 5.74) is -3.07. The molecule has 0 spiro atoms. The fourth-order valence-electron chi connectivity index (χ4n) is 4.14. The number of aromatic nitrogens is 5. The van der Waals surface area contributed by atoms with E-state index in [0.29, 0.717) is 30.3 Å². The second kappa shape index (κ2) is 14.8. The van der Waals surface area contributed by atoms with Crippen molar-refractivity contribution in [3.8, 4) is 11.4 Å². The van der Waals surface area contributed by atoms with Gasteiger partial charge in [-0.25, -0.2) is 19.1 Å². The van der Waals surface area contributed by atoms with Crippen molar-refractivity contribution in [1.29, 1.82) is 0 Å². The molecule has 0 unspecified atom stereocenters. The number of nitrogens with zero attached hydrogens (tertiary/aromatic N) is 6. The third-order valence-electron chi connectivity index (χ3n) is 6.51. The van der Waals surface area contributed by atoms with Gasteiger partial charge in [0.2, 0.25) is 0 Å². The van der Waals surface area contributed by atoms with Gasteiger partial charge in [0.25, 0.3) is 5.91 Å². The molecule has 0 aliphatic rings. The van der Waals surface area contributed by atoms with Crippen molar-refractivity contribution in [3.05, 3.63) is 114 Å². The average Bonchev–Trinajstić information content (AvgIpc) is 3.72. The lowest BCUT2D eigenvalue weighted by molar-refractivity contribution is -0.142. The van der Waals surface area contributed by atoms with Gasteiger partial charge in [-0.1, -0.05) is 36.4 Å². The van der Waals surface area contributed by atoms with Crippen LogP contribution in [0.25, 0.3) is 11.4 Å². The maximum absolute atomic E-state index is 13.4. The molecule has 2 aromatic carbocycles. The van der Waals surface area contributed by atoms with Crippen LogP contribution in [-0.2, 0) is 17.1 Å². The van der Waals surface area contributed by atoms with E-state index in [-0.39, 0.29) is 5.69 Å². The van der Waals surface area contributed by atoms with Gasteiger partial charge in [0, 0.05) is 33.1 Å². The lowest BCUT2D eigenvalue weighted by atomic mass is 10.2. The van der Waals surface area contributed by atoms with E-state index >= 15 is 0 Å². The number of hydrogen-bond acceptors (Lipinski definition) is 7. The first kappa shape index (κ1) is 35.1. The van der Waals surface area contributed by atoms with Crippen molar-refractivity contribution in [1.82, 2.24) is 24.5 Å². The maximum Gasteiger partial charge on any atom is 0.436 e. The molecule has 0 bridgehead atoms. The van der Waals surface area contributed by atoms with Gasteiger partial charge in [-0.05, 0) is 36.4 Å². The molecule has 48 heavy (non-hydrogen) atoms. The Morgan fingerprint density at radius 2 is 1.31 bits per heavy atom. The first-order valence-electron chi connectivity index (χ1n) is 13.8. The molecule has 0 saturated heterocycles. The van der Waals surface area contributed by atoms with Crippen LogP contribution in [0.1, 0.15) is 32.1 Å². The molecule has 11 nitrogen and oxygen atoms in total. The van der Waals surface area contributed by atoms with Crippen molar-refractivity contribution in [3.63, 3.8) is 0 Å². The number of methoxy groups -OCH3 is 1. The largest absolute Gasteiger partial charge is 0.478 e. The van der Waals surface area contributed by atoms with Gasteiger partial charge in [-0.2, -0.15) is 36.5 Å². The summed E-state index contributed by atoms with van der Waals surface area (Å²) in [4.78, 5) is 29.4. The summed E-state index contributed by atoms with van der Waals surface area (Å²) in [6, 6.07) is 19.5. The summed E-state index contributed by atoms with van der Waals surface area (Å²) >= 11 is 0. The predicted molar refractivity (Wildman–Crippen MR) is 161 cm³/mol. The third kappa shape index (κ3) is 8.75. The van der Waals surface area contributed by atoms with Crippen LogP contribution in [0.15, 0.2) is 91.4 Å². The Hall–Kier alpha value is -5.71. The highest BCUT2D eigenvalue weighted by molar-refractivity contribution is 6.05. The third-order valence-corrected chi connectivity index (χ3v) is 6.51. The number of anilines is 2. The fourth-order valence-corrected chi connectivity index (χ4v) is 4.14. The van der Waals surface area contributed by atoms with Gasteiger partial charge >= 0.3 is 18.3 Å². The van der Waals surface area contributed by atoms with Gasteiger partial charge in [0.05, 0.1) is 35.4 Å². The van der Waals surface area contributed by atoms with Gasteiger partial charge in [0.1, 0.15) is 11.4 Å². The Kier molecular flexibility index (Phi) is 10.8. The number of ether oxygens (including phenoxy) is 1. The van der Waals surface area contributed by atoms with Crippen LogP contribution in [-0.4, -0.2) is 68.8 Å². The quantitative estimate of drug-likeness (QED) is 0.177. The van der Waals surface area contributed by atoms with Crippen LogP contribution in [0.4, 0.5) is 37.8 Å². The van der Waals surface area contributed by atoms with E-state index in [2.05, 4.69) is 20.5 Å². The van der Waals surface area contributed by atoms with Gasteiger partial charge in [-0.3, -0.25) is 4.79 Å². The maximum atomic E-state index is 13.4. The predicted octanol–water partition coefficient (Wildman–Crippen LogP) is 6.21. The monoisotopic (exact) mass is 675 g/mol. The number of nitrogens with one attached hydrogen (secondary N) is 1. The summed E-state index contributed by atoms with van der Waals surface area (Å²) in [5, 5.41) is 18.0. The normalized spacial score (nSPS) is 11.4. The number of carboxylic acid groups (broad SMARTS) is 1. The second-order valence-electron chi connectivity index (χ2n) is 9.92. The summed E-state index contributed by atoms with van der Waals surface area (Å²) in [6.45, 7) is 1.13. The molecule has 0 fully saturated rings. The molecule has 2 N–H and O–H groups in total. The molecule has 5 aromatic rings. The van der Waals surface area contributed by atoms with Crippen LogP contribution < -0.4 is 10.2 Å². The van der Waals surface area contributed by atoms with Crippen molar-refractivity contribution in [2.45, 2.75) is 12.4 Å². The Morgan fingerprint density at radius 3 is 1.73 bits per heavy atom. The number of rotatable bonds is 9. The highest BCUT2D eigenvalue weighted by atomic mass is 19.4. The number of benzene rings is 2. The molecule has 0 aliphatic carbocycles. The van der Waals surface area contributed by atoms with E-state index in [0.717, 1.165) is 21.8 Å². The number of pyridine rings is 1. The molecule has 3 heterocycles. The number of aromatic carboxylic acids is 1. The van der Waals surface area contributed by atoms with Gasteiger partial charge in [-0.15, -0.1) is 0 Å². The number of alkyl halides is 6. The molecule has 0 saturated carbocycles. The molecule has 5 rings (SSSR count). The summed E-state index contributed by atoms with van der Waals surface area (Å²) < 4.78 is 85.0. The van der Waals surface area contributed by atoms with E-state index in [4.69, 9.17) is 9.84 Å². The van der Waals surface area contributed by atoms with Crippen LogP contribution in [0.3, 0.4) is 0 Å². The number of carbonyl (C=O) groups excluding carboxylic acids is 1. The molecule has 0 atom stereocenters. The van der Waals surface area contributed by atoms with Crippen molar-refractivity contribution in [2.24, 2.45) is 0 Å². The van der Waals surface area contributed by atoms with Gasteiger partial charge < -0.3 is 20.1 Å². The lowest BCUT2D eigenvalue weighted by Gasteiger charge is -2.17. The highest BCUT2D eigenvalue weighted by Gasteiger charge is 2.40. The summed E-state index contributed by atoms with van der Waals surface area (Å²) in [5.74, 6) is -1.95. The second-order valence-corrected chi connectivity index (χ2v) is 9.92. The number of para-hydroxylation sites is 2. The summed E-state index contributed by atoms with van der Waals surface area (Å²) in [7, 11) is 3.42. The van der Waals surface area contributed by atoms with Crippen LogP contribution in [0.5, 0.6) is 0 Å². The lowest BCUT2D eigenvalue weighted by Crippen LogP contribution is -2.23. The van der Waals surface area contributed by atoms with E-state index in [1.807, 2.05) is 11.9 Å². The fraction of sp³-hybridized carbons (Fsp3) is 0.194. The first-order valence-corrected chi connectivity index (χ1v) is 13.8. The van der Waals surface area contributed by atoms with Crippen LogP contribution in [0, 0.1) is 0 Å². The minimum absolute atomic E-state index is 0.268. The zero-order valence-corrected chi connectivity index (χ0v) is 25.2. The molecule has 1 amide bonds. The van der Waals surface area contributed by atoms with Crippen LogP contribution >= 0.6 is 0 Å². The van der Waals surface area contributed by atoms with Crippen molar-refractivity contribution in [2.75, 3.05) is 37.5 Å². The molecular weight excluding hydrogens is 648 g/mol. The Balaban J connectivity index is 0.000000246. The number of amides is 1. The molecule has 0 radical (unpaired) electrons. The Labute approximate surface area is 269 Å². The molecular formula is C31H27F6N7O4. The van der Waals surface area contributed by atoms with Crippen molar-refractivity contribution < 1.29 is 45.8 Å². The number of likely N-dealkylation sites (N-methyl/N-ethyl adjacent to an activating group) is 1. The molecule has 17 heteroatoms. The van der Waals surface area contributed by atoms with Crippen LogP contribution in [0.2, 0.25) is 0 Å². The Morgan fingerprint density at radius 1 is 0.812 bits per heavy atom. The number of hydrogen-bond donors (Lipinski definition) is 2. The first-order chi connectivity index (χ1) is 22.7. The number of halogens is 6. The Bertz CT molecular complexity index is 1820. The zero-order valence-electron chi connectivity index (χ0n) is 25.2. The topological polar surface area (TPSA) is 127 Å². The van der Waals surface area contributed by atoms with E-state index < -0.39 is 46.7 Å². The molecule has 3 aromatic heterocycles. The van der Waals surface area contributed by atoms with E-state index in [1.54, 1.807) is 67.8 Å². The van der Waals surface area contributed by atoms with Gasteiger partial charge in [0.15, 0.2) is 11.4 Å². The van der Waals surface area contributed by atoms with E-state index in [1.165, 1.54) is 18.3 Å². The highest BCUT2D eigenvalue weighted by Crippen LogP contribution is 2.33. The molecule has 0 aliphatic heterocycles. The SMILES string of the molecule is COCCN(C)c1ccc(NC(=O)c2cn(-c3ccccc3)nc2C(F)(F)F)cn1.O=C(O)c1cn(-c2ccccc2)nc1C(F)(F)F. The average molecular weight is 676 g/mol. The minimum Gasteiger partial charge on any atom is -0.478 e. The molecule has 252 valence electrons. The minimum atomic E-state index is -4.80. The zero-order chi connectivity index (χ0) is 35.1. The van der Waals surface area contributed by atoms with Crippen molar-refractivity contribution >= 4 is 23.4 Å².